The van der Waals surface area contributed by atoms with Crippen LogP contribution in [0.15, 0.2) is 30.3 Å². The van der Waals surface area contributed by atoms with E-state index in [1.165, 1.54) is 5.56 Å². The van der Waals surface area contributed by atoms with E-state index in [2.05, 4.69) is 17.4 Å². The van der Waals surface area contributed by atoms with E-state index in [1.54, 1.807) is 4.90 Å². The van der Waals surface area contributed by atoms with Crippen molar-refractivity contribution >= 4 is 12.0 Å². The molecule has 1 fully saturated rings. The number of amides is 2. The molecule has 1 aromatic carbocycles. The quantitative estimate of drug-likeness (QED) is 0.715. The number of ether oxygens (including phenoxy) is 1. The number of hydrogen-bond donors (Lipinski definition) is 2. The van der Waals surface area contributed by atoms with E-state index < -0.39 is 11.9 Å². The van der Waals surface area contributed by atoms with Crippen molar-refractivity contribution < 1.29 is 19.4 Å². The molecule has 1 aliphatic rings. The molecule has 0 spiro atoms. The Labute approximate surface area is 136 Å². The third-order valence-electron chi connectivity index (χ3n) is 3.94. The molecule has 2 rings (SSSR count). The van der Waals surface area contributed by atoms with E-state index in [0.29, 0.717) is 39.3 Å². The van der Waals surface area contributed by atoms with Gasteiger partial charge in [0.1, 0.15) is 0 Å². The van der Waals surface area contributed by atoms with Crippen molar-refractivity contribution in [2.75, 3.05) is 32.8 Å². The topological polar surface area (TPSA) is 78.9 Å². The van der Waals surface area contributed by atoms with E-state index in [9.17, 15) is 9.59 Å². The van der Waals surface area contributed by atoms with Gasteiger partial charge in [0, 0.05) is 26.2 Å². The Kier molecular flexibility index (Phi) is 6.87. The largest absolute Gasteiger partial charge is 0.481 e. The Hall–Kier alpha value is -2.08. The number of likely N-dealkylation sites (tertiary alicyclic amines) is 1. The molecule has 0 aromatic heterocycles. The Balaban J connectivity index is 1.49. The maximum absolute atomic E-state index is 11.9. The fourth-order valence-electron chi connectivity index (χ4n) is 2.56. The molecule has 1 heterocycles. The van der Waals surface area contributed by atoms with Gasteiger partial charge in [-0.1, -0.05) is 30.3 Å². The van der Waals surface area contributed by atoms with Gasteiger partial charge < -0.3 is 20.1 Å². The zero-order valence-corrected chi connectivity index (χ0v) is 13.2. The zero-order chi connectivity index (χ0) is 16.5. The van der Waals surface area contributed by atoms with E-state index in [-0.39, 0.29) is 6.03 Å². The number of carbonyl (C=O) groups excluding carboxylic acids is 1. The Morgan fingerprint density at radius 3 is 2.74 bits per heavy atom. The van der Waals surface area contributed by atoms with Gasteiger partial charge in [0.2, 0.25) is 0 Å². The lowest BCUT2D eigenvalue weighted by molar-refractivity contribution is -0.141. The summed E-state index contributed by atoms with van der Waals surface area (Å²) < 4.78 is 5.55. The lowest BCUT2D eigenvalue weighted by Gasteiger charge is -2.16. The smallest absolute Gasteiger partial charge is 0.317 e. The molecule has 0 aliphatic carbocycles. The number of rotatable bonds is 8. The molecule has 6 heteroatoms. The molecule has 1 aliphatic heterocycles. The van der Waals surface area contributed by atoms with Gasteiger partial charge in [-0.05, 0) is 24.8 Å². The third-order valence-corrected chi connectivity index (χ3v) is 3.94. The van der Waals surface area contributed by atoms with Crippen LogP contribution in [-0.2, 0) is 16.0 Å². The van der Waals surface area contributed by atoms with Crippen molar-refractivity contribution in [3.05, 3.63) is 35.9 Å². The monoisotopic (exact) mass is 320 g/mol. The highest BCUT2D eigenvalue weighted by Crippen LogP contribution is 2.15. The van der Waals surface area contributed by atoms with Crippen LogP contribution >= 0.6 is 0 Å². The molecule has 2 amide bonds. The highest BCUT2D eigenvalue weighted by Gasteiger charge is 2.30. The maximum Gasteiger partial charge on any atom is 0.317 e. The highest BCUT2D eigenvalue weighted by atomic mass is 16.5. The number of hydrogen-bond acceptors (Lipinski definition) is 3. The molecule has 1 unspecified atom stereocenters. The van der Waals surface area contributed by atoms with Crippen molar-refractivity contribution in [2.45, 2.75) is 19.3 Å². The number of urea groups is 1. The summed E-state index contributed by atoms with van der Waals surface area (Å²) in [4.78, 5) is 24.3. The Morgan fingerprint density at radius 1 is 1.26 bits per heavy atom. The molecule has 6 nitrogen and oxygen atoms in total. The summed E-state index contributed by atoms with van der Waals surface area (Å²) in [7, 11) is 0. The average molecular weight is 320 g/mol. The minimum absolute atomic E-state index is 0.182. The minimum atomic E-state index is -0.827. The van der Waals surface area contributed by atoms with Gasteiger partial charge in [0.25, 0.3) is 0 Å². The number of nitrogens with zero attached hydrogens (tertiary/aromatic N) is 1. The number of aliphatic carboxylic acids is 1. The fourth-order valence-corrected chi connectivity index (χ4v) is 2.56. The first kappa shape index (κ1) is 17.3. The van der Waals surface area contributed by atoms with Crippen LogP contribution in [0.1, 0.15) is 18.4 Å². The van der Waals surface area contributed by atoms with Gasteiger partial charge >= 0.3 is 12.0 Å². The molecule has 0 saturated carbocycles. The average Bonchev–Trinajstić information content (AvgIpc) is 3.05. The molecular weight excluding hydrogens is 296 g/mol. The van der Waals surface area contributed by atoms with Crippen LogP contribution in [0.3, 0.4) is 0 Å². The molecule has 0 bridgehead atoms. The molecule has 1 atom stereocenters. The third kappa shape index (κ3) is 5.90. The number of benzene rings is 1. The molecule has 126 valence electrons. The predicted octanol–water partition coefficient (Wildman–Crippen LogP) is 1.75. The van der Waals surface area contributed by atoms with Crippen LogP contribution in [0.4, 0.5) is 4.79 Å². The molecule has 2 N–H and O–H groups in total. The van der Waals surface area contributed by atoms with Crippen LogP contribution in [-0.4, -0.2) is 54.9 Å². The summed E-state index contributed by atoms with van der Waals surface area (Å²) in [6.45, 7) is 2.62. The SMILES string of the molecule is O=C(O)C1CCN(C(=O)NCCCOCCc2ccccc2)C1. The number of nitrogens with one attached hydrogen (secondary N) is 1. The van der Waals surface area contributed by atoms with Crippen LogP contribution in [0.25, 0.3) is 0 Å². The normalized spacial score (nSPS) is 17.2. The molecule has 0 radical (unpaired) electrons. The van der Waals surface area contributed by atoms with Crippen molar-refractivity contribution in [1.82, 2.24) is 10.2 Å². The standard InChI is InChI=1S/C17H24N2O4/c20-16(21)15-7-10-19(13-15)17(22)18-9-4-11-23-12-8-14-5-2-1-3-6-14/h1-3,5-6,15H,4,7-13H2,(H,18,22)(H,20,21). The Morgan fingerprint density at radius 2 is 2.04 bits per heavy atom. The first-order valence-electron chi connectivity index (χ1n) is 8.04. The molecule has 1 saturated heterocycles. The first-order valence-corrected chi connectivity index (χ1v) is 8.04. The Bertz CT molecular complexity index is 507. The van der Waals surface area contributed by atoms with E-state index >= 15 is 0 Å². The summed E-state index contributed by atoms with van der Waals surface area (Å²) >= 11 is 0. The minimum Gasteiger partial charge on any atom is -0.481 e. The fraction of sp³-hybridized carbons (Fsp3) is 0.529. The number of carboxylic acids is 1. The van der Waals surface area contributed by atoms with E-state index in [4.69, 9.17) is 9.84 Å². The van der Waals surface area contributed by atoms with Crippen LogP contribution in [0.2, 0.25) is 0 Å². The second kappa shape index (κ2) is 9.15. The van der Waals surface area contributed by atoms with Crippen molar-refractivity contribution in [2.24, 2.45) is 5.92 Å². The zero-order valence-electron chi connectivity index (χ0n) is 13.2. The van der Waals surface area contributed by atoms with Gasteiger partial charge in [0.05, 0.1) is 12.5 Å². The predicted molar refractivity (Wildman–Crippen MR) is 86.3 cm³/mol. The summed E-state index contributed by atoms with van der Waals surface area (Å²) in [5.41, 5.74) is 1.25. The van der Waals surface area contributed by atoms with E-state index in [0.717, 1.165) is 12.8 Å². The second-order valence-corrected chi connectivity index (χ2v) is 5.70. The van der Waals surface area contributed by atoms with Crippen LogP contribution < -0.4 is 5.32 Å². The maximum atomic E-state index is 11.9. The summed E-state index contributed by atoms with van der Waals surface area (Å²) in [6, 6.07) is 9.98. The number of carbonyl (C=O) groups is 2. The van der Waals surface area contributed by atoms with Gasteiger partial charge in [-0.2, -0.15) is 0 Å². The lowest BCUT2D eigenvalue weighted by atomic mass is 10.1. The van der Waals surface area contributed by atoms with Gasteiger partial charge in [-0.25, -0.2) is 4.79 Å². The van der Waals surface area contributed by atoms with Crippen LogP contribution in [0, 0.1) is 5.92 Å². The first-order chi connectivity index (χ1) is 11.2. The van der Waals surface area contributed by atoms with E-state index in [1.807, 2.05) is 18.2 Å². The highest BCUT2D eigenvalue weighted by molar-refractivity contribution is 5.77. The van der Waals surface area contributed by atoms with Gasteiger partial charge in [-0.3, -0.25) is 4.79 Å². The number of carboxylic acid groups (broad SMARTS) is 1. The lowest BCUT2D eigenvalue weighted by Crippen LogP contribution is -2.39. The van der Waals surface area contributed by atoms with Gasteiger partial charge in [0.15, 0.2) is 0 Å². The van der Waals surface area contributed by atoms with Crippen molar-refractivity contribution in [3.63, 3.8) is 0 Å². The molecule has 23 heavy (non-hydrogen) atoms. The van der Waals surface area contributed by atoms with Crippen LogP contribution in [0.5, 0.6) is 0 Å². The van der Waals surface area contributed by atoms with Crippen molar-refractivity contribution in [3.8, 4) is 0 Å². The van der Waals surface area contributed by atoms with Gasteiger partial charge in [-0.15, -0.1) is 0 Å². The second-order valence-electron chi connectivity index (χ2n) is 5.70. The summed E-state index contributed by atoms with van der Waals surface area (Å²) in [5, 5.41) is 11.7. The summed E-state index contributed by atoms with van der Waals surface area (Å²) in [6.07, 6.45) is 2.17. The molecule has 1 aromatic rings. The van der Waals surface area contributed by atoms with Crippen molar-refractivity contribution in [1.29, 1.82) is 0 Å². The summed E-state index contributed by atoms with van der Waals surface area (Å²) in [5.74, 6) is -1.26. The molecular formula is C17H24N2O4.